The van der Waals surface area contributed by atoms with Gasteiger partial charge >= 0.3 is 6.03 Å². The summed E-state index contributed by atoms with van der Waals surface area (Å²) >= 11 is 0. The molecule has 2 aromatic rings. The topological polar surface area (TPSA) is 103 Å². The summed E-state index contributed by atoms with van der Waals surface area (Å²) in [4.78, 5) is 26.2. The largest absolute Gasteiger partial charge is 0.458 e. The van der Waals surface area contributed by atoms with Crippen molar-refractivity contribution >= 4 is 11.9 Å². The van der Waals surface area contributed by atoms with E-state index in [4.69, 9.17) is 4.42 Å². The number of rotatable bonds is 5. The first-order chi connectivity index (χ1) is 12.6. The summed E-state index contributed by atoms with van der Waals surface area (Å²) in [7, 11) is 0. The lowest BCUT2D eigenvalue weighted by atomic mass is 9.76. The van der Waals surface area contributed by atoms with Crippen LogP contribution in [0, 0.1) is 5.92 Å². The Kier molecular flexibility index (Phi) is 4.28. The van der Waals surface area contributed by atoms with Crippen molar-refractivity contribution in [3.8, 4) is 11.5 Å². The van der Waals surface area contributed by atoms with E-state index in [1.54, 1.807) is 6.20 Å². The molecule has 2 fully saturated rings. The van der Waals surface area contributed by atoms with E-state index < -0.39 is 5.54 Å². The summed E-state index contributed by atoms with van der Waals surface area (Å²) in [6.07, 6.45) is 4.05. The minimum Gasteiger partial charge on any atom is -0.458 e. The molecule has 0 unspecified atom stereocenters. The highest BCUT2D eigenvalue weighted by Gasteiger charge is 2.50. The molecule has 2 aliphatic heterocycles. The van der Waals surface area contributed by atoms with E-state index in [9.17, 15) is 9.59 Å². The molecule has 0 radical (unpaired) electrons. The summed E-state index contributed by atoms with van der Waals surface area (Å²) in [6.45, 7) is 4.43. The van der Waals surface area contributed by atoms with Crippen LogP contribution in [0.4, 0.5) is 4.79 Å². The van der Waals surface area contributed by atoms with Gasteiger partial charge in [-0.25, -0.2) is 4.79 Å². The lowest BCUT2D eigenvalue weighted by Gasteiger charge is -2.40. The maximum Gasteiger partial charge on any atom is 0.322 e. The minimum absolute atomic E-state index is 0.160. The molecular weight excluding hydrogens is 334 g/mol. The Balaban J connectivity index is 1.37. The number of hydrogen-bond donors (Lipinski definition) is 3. The maximum absolute atomic E-state index is 12.3. The van der Waals surface area contributed by atoms with E-state index in [0.717, 1.165) is 49.7 Å². The van der Waals surface area contributed by atoms with Crippen molar-refractivity contribution in [3.05, 3.63) is 30.2 Å². The highest BCUT2D eigenvalue weighted by atomic mass is 16.3. The summed E-state index contributed by atoms with van der Waals surface area (Å²) in [6, 6.07) is 5.43. The zero-order valence-corrected chi connectivity index (χ0v) is 14.7. The maximum atomic E-state index is 12.3. The Bertz CT molecular complexity index is 792. The monoisotopic (exact) mass is 357 g/mol. The standard InChI is InChI=1S/C18H23N5O3/c1-2-18(16(24)20-17(25)21-18)12-6-9-23(10-7-12)11-13-3-4-15(26-13)14-5-8-19-22-14/h3-5,8,12H,2,6-7,9-11H2,1H3,(H,19,22)(H2,20,21,24,25)/t18-/m1/s1. The number of amides is 3. The molecule has 0 spiro atoms. The predicted molar refractivity (Wildman–Crippen MR) is 94.0 cm³/mol. The van der Waals surface area contributed by atoms with Crippen LogP contribution in [0.5, 0.6) is 0 Å². The molecule has 8 nitrogen and oxygen atoms in total. The van der Waals surface area contributed by atoms with Gasteiger partial charge in [0.05, 0.1) is 6.54 Å². The molecule has 26 heavy (non-hydrogen) atoms. The first-order valence-electron chi connectivity index (χ1n) is 9.05. The number of nitrogens with one attached hydrogen (secondary N) is 3. The van der Waals surface area contributed by atoms with Gasteiger partial charge in [-0.3, -0.25) is 20.1 Å². The second-order valence-electron chi connectivity index (χ2n) is 7.02. The first kappa shape index (κ1) is 16.8. The highest BCUT2D eigenvalue weighted by molar-refractivity contribution is 6.07. The molecule has 2 saturated heterocycles. The number of carbonyl (C=O) groups excluding carboxylic acids is 2. The molecule has 138 valence electrons. The second kappa shape index (κ2) is 6.60. The zero-order chi connectivity index (χ0) is 18.1. The fraction of sp³-hybridized carbons (Fsp3) is 0.500. The molecule has 2 aliphatic rings. The summed E-state index contributed by atoms with van der Waals surface area (Å²) in [5.74, 6) is 1.67. The average molecular weight is 357 g/mol. The van der Waals surface area contributed by atoms with Crippen molar-refractivity contribution in [3.63, 3.8) is 0 Å². The molecule has 4 heterocycles. The molecule has 1 atom stereocenters. The molecule has 3 amide bonds. The van der Waals surface area contributed by atoms with E-state index in [2.05, 4.69) is 25.7 Å². The number of urea groups is 1. The second-order valence-corrected chi connectivity index (χ2v) is 7.02. The van der Waals surface area contributed by atoms with Crippen molar-refractivity contribution in [1.82, 2.24) is 25.7 Å². The van der Waals surface area contributed by atoms with Crippen molar-refractivity contribution in [1.29, 1.82) is 0 Å². The Morgan fingerprint density at radius 3 is 2.69 bits per heavy atom. The fourth-order valence-electron chi connectivity index (χ4n) is 4.14. The molecule has 0 saturated carbocycles. The van der Waals surface area contributed by atoms with Gasteiger partial charge in [0.15, 0.2) is 5.76 Å². The molecular formula is C18H23N5O3. The van der Waals surface area contributed by atoms with E-state index in [1.807, 2.05) is 25.1 Å². The number of furan rings is 1. The third-order valence-corrected chi connectivity index (χ3v) is 5.62. The lowest BCUT2D eigenvalue weighted by Crippen LogP contribution is -2.55. The molecule has 0 bridgehead atoms. The van der Waals surface area contributed by atoms with Crippen LogP contribution in [-0.4, -0.2) is 45.7 Å². The van der Waals surface area contributed by atoms with Crippen LogP contribution in [0.2, 0.25) is 0 Å². The number of aromatic nitrogens is 2. The summed E-state index contributed by atoms with van der Waals surface area (Å²) in [5, 5.41) is 12.1. The molecule has 4 rings (SSSR count). The Morgan fingerprint density at radius 1 is 1.27 bits per heavy atom. The summed E-state index contributed by atoms with van der Waals surface area (Å²) in [5.41, 5.74) is 0.115. The van der Waals surface area contributed by atoms with Crippen molar-refractivity contribution in [2.24, 2.45) is 5.92 Å². The zero-order valence-electron chi connectivity index (χ0n) is 14.7. The Labute approximate surface area is 151 Å². The molecule has 3 N–H and O–H groups in total. The number of hydrogen-bond acceptors (Lipinski definition) is 5. The number of carbonyl (C=O) groups is 2. The van der Waals surface area contributed by atoms with Crippen LogP contribution in [0.15, 0.2) is 28.8 Å². The Hall–Kier alpha value is -2.61. The van der Waals surface area contributed by atoms with Gasteiger partial charge in [0.1, 0.15) is 17.0 Å². The molecule has 8 heteroatoms. The third kappa shape index (κ3) is 2.90. The van der Waals surface area contributed by atoms with Gasteiger partial charge < -0.3 is 9.73 Å². The predicted octanol–water partition coefficient (Wildman–Crippen LogP) is 1.87. The normalized spacial score (nSPS) is 24.7. The number of aromatic amines is 1. The molecule has 0 aliphatic carbocycles. The molecule has 0 aromatic carbocycles. The number of imide groups is 1. The van der Waals surface area contributed by atoms with Crippen molar-refractivity contribution < 1.29 is 14.0 Å². The molecule has 2 aromatic heterocycles. The SMILES string of the molecule is CC[C@]1(C2CCN(Cc3ccc(-c4ccn[nH]4)o3)CC2)NC(=O)NC1=O. The van der Waals surface area contributed by atoms with Crippen molar-refractivity contribution in [2.75, 3.05) is 13.1 Å². The van der Waals surface area contributed by atoms with Crippen LogP contribution >= 0.6 is 0 Å². The summed E-state index contributed by atoms with van der Waals surface area (Å²) < 4.78 is 5.90. The smallest absolute Gasteiger partial charge is 0.322 e. The van der Waals surface area contributed by atoms with Crippen LogP contribution < -0.4 is 10.6 Å². The van der Waals surface area contributed by atoms with Crippen LogP contribution in [-0.2, 0) is 11.3 Å². The first-order valence-corrected chi connectivity index (χ1v) is 9.05. The number of piperidine rings is 1. The van der Waals surface area contributed by atoms with E-state index in [1.165, 1.54) is 0 Å². The number of likely N-dealkylation sites (tertiary alicyclic amines) is 1. The van der Waals surface area contributed by atoms with Crippen LogP contribution in [0.1, 0.15) is 31.9 Å². The van der Waals surface area contributed by atoms with Gasteiger partial charge in [-0.15, -0.1) is 0 Å². The lowest BCUT2D eigenvalue weighted by molar-refractivity contribution is -0.126. The van der Waals surface area contributed by atoms with Crippen molar-refractivity contribution in [2.45, 2.75) is 38.3 Å². The van der Waals surface area contributed by atoms with Gasteiger partial charge in [0, 0.05) is 6.20 Å². The quantitative estimate of drug-likeness (QED) is 0.709. The van der Waals surface area contributed by atoms with Gasteiger partial charge in [0.2, 0.25) is 0 Å². The van der Waals surface area contributed by atoms with Crippen LogP contribution in [0.25, 0.3) is 11.5 Å². The fourth-order valence-corrected chi connectivity index (χ4v) is 4.14. The highest BCUT2D eigenvalue weighted by Crippen LogP contribution is 2.34. The van der Waals surface area contributed by atoms with Crippen LogP contribution in [0.3, 0.4) is 0 Å². The van der Waals surface area contributed by atoms with E-state index in [-0.39, 0.29) is 17.9 Å². The third-order valence-electron chi connectivity index (χ3n) is 5.62. The number of nitrogens with zero attached hydrogens (tertiary/aromatic N) is 2. The van der Waals surface area contributed by atoms with Gasteiger partial charge in [-0.2, -0.15) is 5.10 Å². The van der Waals surface area contributed by atoms with Gasteiger partial charge in [0.25, 0.3) is 5.91 Å². The average Bonchev–Trinajstić information content (AvgIpc) is 3.36. The van der Waals surface area contributed by atoms with Gasteiger partial charge in [-0.1, -0.05) is 6.92 Å². The number of H-pyrrole nitrogens is 1. The van der Waals surface area contributed by atoms with Gasteiger partial charge in [-0.05, 0) is 56.5 Å². The van der Waals surface area contributed by atoms with E-state index >= 15 is 0 Å². The minimum atomic E-state index is -0.748. The van der Waals surface area contributed by atoms with E-state index in [0.29, 0.717) is 6.42 Å². The Morgan fingerprint density at radius 2 is 2.08 bits per heavy atom.